The topological polar surface area (TPSA) is 59.3 Å². The maximum absolute atomic E-state index is 11.9. The third-order valence-corrected chi connectivity index (χ3v) is 3.24. The van der Waals surface area contributed by atoms with Crippen LogP contribution >= 0.6 is 0 Å². The number of carbonyl (C=O) groups is 1. The number of nitrogens with zero attached hydrogens (tertiary/aromatic N) is 1. The van der Waals surface area contributed by atoms with Crippen molar-refractivity contribution >= 4 is 5.97 Å². The lowest BCUT2D eigenvalue weighted by molar-refractivity contribution is -0.136. The van der Waals surface area contributed by atoms with Gasteiger partial charge in [0.1, 0.15) is 0 Å². The van der Waals surface area contributed by atoms with E-state index in [1.807, 2.05) is 42.7 Å². The third kappa shape index (κ3) is 3.15. The molecule has 104 valence electrons. The minimum Gasteiger partial charge on any atom is -0.481 e. The molecule has 0 aliphatic rings. The molecule has 4 nitrogen and oxygen atoms in total. The lowest BCUT2D eigenvalue weighted by Crippen LogP contribution is -2.15. The van der Waals surface area contributed by atoms with Gasteiger partial charge in [-0.15, -0.1) is 0 Å². The maximum atomic E-state index is 11.9. The summed E-state index contributed by atoms with van der Waals surface area (Å²) in [6.07, 6.45) is 1.96. The summed E-state index contributed by atoms with van der Waals surface area (Å²) in [5, 5.41) is 8.73. The van der Waals surface area contributed by atoms with Crippen LogP contribution in [0.2, 0.25) is 0 Å². The summed E-state index contributed by atoms with van der Waals surface area (Å²) in [7, 11) is 0. The molecule has 1 aromatic carbocycles. The fourth-order valence-electron chi connectivity index (χ4n) is 2.09. The molecule has 0 aliphatic heterocycles. The molecule has 1 aromatic heterocycles. The molecular weight excluding hydrogens is 254 g/mol. The number of rotatable bonds is 4. The van der Waals surface area contributed by atoms with Gasteiger partial charge in [0.05, 0.1) is 0 Å². The fourth-order valence-corrected chi connectivity index (χ4v) is 2.09. The molecular formula is C16H17NO3. The quantitative estimate of drug-likeness (QED) is 0.929. The van der Waals surface area contributed by atoms with Crippen molar-refractivity contribution in [1.29, 1.82) is 0 Å². The Balaban J connectivity index is 2.42. The molecule has 0 bridgehead atoms. The first-order valence-electron chi connectivity index (χ1n) is 6.48. The van der Waals surface area contributed by atoms with Crippen molar-refractivity contribution in [3.63, 3.8) is 0 Å². The zero-order valence-electron chi connectivity index (χ0n) is 11.6. The van der Waals surface area contributed by atoms with E-state index in [-0.39, 0.29) is 18.3 Å². The summed E-state index contributed by atoms with van der Waals surface area (Å²) in [4.78, 5) is 22.5. The number of carboxylic acids is 1. The average Bonchev–Trinajstić information content (AvgIpc) is 2.39. The second kappa shape index (κ2) is 5.74. The first kappa shape index (κ1) is 14.1. The number of carboxylic acid groups (broad SMARTS) is 1. The van der Waals surface area contributed by atoms with Crippen molar-refractivity contribution in [2.45, 2.75) is 26.7 Å². The highest BCUT2D eigenvalue weighted by atomic mass is 16.4. The van der Waals surface area contributed by atoms with Crippen LogP contribution in [-0.4, -0.2) is 15.6 Å². The third-order valence-electron chi connectivity index (χ3n) is 3.24. The number of benzene rings is 1. The molecule has 1 heterocycles. The monoisotopic (exact) mass is 271 g/mol. The van der Waals surface area contributed by atoms with Crippen molar-refractivity contribution in [1.82, 2.24) is 4.57 Å². The van der Waals surface area contributed by atoms with Gasteiger partial charge in [0.25, 0.3) is 0 Å². The Morgan fingerprint density at radius 1 is 1.20 bits per heavy atom. The Labute approximate surface area is 117 Å². The summed E-state index contributed by atoms with van der Waals surface area (Å²) < 4.78 is 1.91. The highest BCUT2D eigenvalue weighted by Gasteiger charge is 2.07. The Morgan fingerprint density at radius 2 is 1.85 bits per heavy atom. The van der Waals surface area contributed by atoms with Gasteiger partial charge in [-0.2, -0.15) is 0 Å². The lowest BCUT2D eigenvalue weighted by atomic mass is 10.1. The molecule has 0 saturated heterocycles. The van der Waals surface area contributed by atoms with Crippen LogP contribution in [0.1, 0.15) is 23.2 Å². The van der Waals surface area contributed by atoms with E-state index in [9.17, 15) is 9.59 Å². The first-order valence-corrected chi connectivity index (χ1v) is 6.48. The second-order valence-electron chi connectivity index (χ2n) is 4.90. The number of pyridine rings is 1. The van der Waals surface area contributed by atoms with Crippen molar-refractivity contribution in [3.05, 3.63) is 63.6 Å². The van der Waals surface area contributed by atoms with Gasteiger partial charge in [0.15, 0.2) is 5.43 Å². The summed E-state index contributed by atoms with van der Waals surface area (Å²) in [5.74, 6) is -0.896. The van der Waals surface area contributed by atoms with Gasteiger partial charge in [-0.05, 0) is 32.4 Å². The number of hydrogen-bond acceptors (Lipinski definition) is 2. The van der Waals surface area contributed by atoms with Gasteiger partial charge in [0, 0.05) is 35.6 Å². The SMILES string of the molecule is Cc1ccc(-n2cc(CCC(=O)O)c(=O)cc2C)cc1. The van der Waals surface area contributed by atoms with E-state index in [0.717, 1.165) is 11.4 Å². The summed E-state index contributed by atoms with van der Waals surface area (Å²) in [6, 6.07) is 9.52. The highest BCUT2D eigenvalue weighted by molar-refractivity contribution is 5.67. The minimum absolute atomic E-state index is 0.0355. The zero-order chi connectivity index (χ0) is 14.7. The summed E-state index contributed by atoms with van der Waals surface area (Å²) in [6.45, 7) is 3.88. The maximum Gasteiger partial charge on any atom is 0.303 e. The van der Waals surface area contributed by atoms with Gasteiger partial charge in [-0.25, -0.2) is 0 Å². The van der Waals surface area contributed by atoms with Gasteiger partial charge in [-0.3, -0.25) is 9.59 Å². The largest absolute Gasteiger partial charge is 0.481 e. The van der Waals surface area contributed by atoms with Crippen LogP contribution in [-0.2, 0) is 11.2 Å². The van der Waals surface area contributed by atoms with Crippen LogP contribution in [0.25, 0.3) is 5.69 Å². The molecule has 0 amide bonds. The molecule has 0 spiro atoms. The molecule has 0 fully saturated rings. The van der Waals surface area contributed by atoms with Gasteiger partial charge in [-0.1, -0.05) is 17.7 Å². The Bertz CT molecular complexity index is 684. The van der Waals surface area contributed by atoms with Crippen molar-refractivity contribution in [2.24, 2.45) is 0 Å². The fraction of sp³-hybridized carbons (Fsp3) is 0.250. The number of aliphatic carboxylic acids is 1. The molecule has 1 N–H and O–H groups in total. The van der Waals surface area contributed by atoms with Crippen molar-refractivity contribution < 1.29 is 9.90 Å². The molecule has 0 unspecified atom stereocenters. The number of aryl methyl sites for hydroxylation is 3. The normalized spacial score (nSPS) is 10.5. The van der Waals surface area contributed by atoms with Crippen LogP contribution in [0.3, 0.4) is 0 Å². The molecule has 0 radical (unpaired) electrons. The van der Waals surface area contributed by atoms with Crippen LogP contribution in [0, 0.1) is 13.8 Å². The lowest BCUT2D eigenvalue weighted by Gasteiger charge is -2.12. The van der Waals surface area contributed by atoms with Crippen LogP contribution < -0.4 is 5.43 Å². The molecule has 2 rings (SSSR count). The van der Waals surface area contributed by atoms with E-state index >= 15 is 0 Å². The van der Waals surface area contributed by atoms with E-state index in [2.05, 4.69) is 0 Å². The number of aromatic nitrogens is 1. The molecule has 4 heteroatoms. The van der Waals surface area contributed by atoms with E-state index in [1.165, 1.54) is 5.56 Å². The summed E-state index contributed by atoms with van der Waals surface area (Å²) in [5.41, 5.74) is 3.38. The van der Waals surface area contributed by atoms with Gasteiger partial charge < -0.3 is 9.67 Å². The van der Waals surface area contributed by atoms with Crippen molar-refractivity contribution in [3.8, 4) is 5.69 Å². The molecule has 2 aromatic rings. The molecule has 0 saturated carbocycles. The predicted octanol–water partition coefficient (Wildman–Crippen LogP) is 2.47. The first-order chi connectivity index (χ1) is 9.47. The zero-order valence-corrected chi connectivity index (χ0v) is 11.6. The number of hydrogen-bond donors (Lipinski definition) is 1. The van der Waals surface area contributed by atoms with E-state index in [4.69, 9.17) is 5.11 Å². The Hall–Kier alpha value is -2.36. The molecule has 20 heavy (non-hydrogen) atoms. The van der Waals surface area contributed by atoms with Crippen LogP contribution in [0.5, 0.6) is 0 Å². The Kier molecular flexibility index (Phi) is 4.03. The second-order valence-corrected chi connectivity index (χ2v) is 4.90. The molecule has 0 aliphatic carbocycles. The Morgan fingerprint density at radius 3 is 2.45 bits per heavy atom. The van der Waals surface area contributed by atoms with E-state index < -0.39 is 5.97 Å². The van der Waals surface area contributed by atoms with E-state index in [0.29, 0.717) is 5.56 Å². The van der Waals surface area contributed by atoms with Crippen molar-refractivity contribution in [2.75, 3.05) is 0 Å². The van der Waals surface area contributed by atoms with E-state index in [1.54, 1.807) is 12.3 Å². The van der Waals surface area contributed by atoms with Crippen LogP contribution in [0.4, 0.5) is 0 Å². The predicted molar refractivity (Wildman–Crippen MR) is 77.5 cm³/mol. The standard InChI is InChI=1S/C16H17NO3/c1-11-3-6-14(7-4-11)17-10-13(5-8-16(19)20)15(18)9-12(17)2/h3-4,6-7,9-10H,5,8H2,1-2H3,(H,19,20). The average molecular weight is 271 g/mol. The van der Waals surface area contributed by atoms with Gasteiger partial charge >= 0.3 is 5.97 Å². The molecule has 0 atom stereocenters. The summed E-state index contributed by atoms with van der Waals surface area (Å²) >= 11 is 0. The highest BCUT2D eigenvalue weighted by Crippen LogP contribution is 2.12. The van der Waals surface area contributed by atoms with Gasteiger partial charge in [0.2, 0.25) is 0 Å². The smallest absolute Gasteiger partial charge is 0.303 e. The van der Waals surface area contributed by atoms with Crippen LogP contribution in [0.15, 0.2) is 41.3 Å². The minimum atomic E-state index is -0.896.